The molecule has 0 heterocycles. The standard InChI is InChI=1S/C5H7O4P/c1-2-9-5(6)3-4-10(7)8/h3-4H,2H2,1H3/p+1. The Balaban J connectivity index is 3.67. The van der Waals surface area contributed by atoms with E-state index in [1.54, 1.807) is 6.92 Å². The summed E-state index contributed by atoms with van der Waals surface area (Å²) in [6, 6.07) is 0. The van der Waals surface area contributed by atoms with Crippen molar-refractivity contribution in [1.29, 1.82) is 0 Å². The van der Waals surface area contributed by atoms with Gasteiger partial charge in [-0.2, -0.15) is 4.89 Å². The van der Waals surface area contributed by atoms with Gasteiger partial charge in [0.25, 0.3) is 0 Å². The molecular weight excluding hydrogens is 155 g/mol. The van der Waals surface area contributed by atoms with Crippen LogP contribution < -0.4 is 0 Å². The van der Waals surface area contributed by atoms with Crippen molar-refractivity contribution >= 4 is 14.0 Å². The Labute approximate surface area is 59.4 Å². The van der Waals surface area contributed by atoms with E-state index in [0.29, 0.717) is 0 Å². The number of esters is 1. The van der Waals surface area contributed by atoms with Gasteiger partial charge < -0.3 is 4.74 Å². The van der Waals surface area contributed by atoms with E-state index in [1.165, 1.54) is 0 Å². The highest BCUT2D eigenvalue weighted by molar-refractivity contribution is 7.41. The first-order chi connectivity index (χ1) is 4.66. The van der Waals surface area contributed by atoms with Crippen LogP contribution in [0.4, 0.5) is 0 Å². The third-order valence-electron chi connectivity index (χ3n) is 0.625. The number of carbonyl (C=O) groups is 1. The Morgan fingerprint density at radius 2 is 2.40 bits per heavy atom. The highest BCUT2D eigenvalue weighted by Crippen LogP contribution is 2.13. The Kier molecular flexibility index (Phi) is 4.72. The molecule has 0 saturated carbocycles. The summed E-state index contributed by atoms with van der Waals surface area (Å²) in [4.78, 5) is 18.6. The number of ether oxygens (including phenoxy) is 1. The van der Waals surface area contributed by atoms with Gasteiger partial charge in [-0.05, 0) is 11.5 Å². The molecule has 0 bridgehead atoms. The molecule has 56 valence electrons. The van der Waals surface area contributed by atoms with Gasteiger partial charge in [0.15, 0.2) is 5.82 Å². The van der Waals surface area contributed by atoms with Gasteiger partial charge in [-0.15, -0.1) is 0 Å². The summed E-state index contributed by atoms with van der Waals surface area (Å²) >= 11 is 0. The molecule has 0 rings (SSSR count). The quantitative estimate of drug-likeness (QED) is 0.379. The molecule has 0 radical (unpaired) electrons. The average Bonchev–Trinajstić information content (AvgIpc) is 1.85. The monoisotopic (exact) mass is 163 g/mol. The summed E-state index contributed by atoms with van der Waals surface area (Å²) in [5.74, 6) is 0.285. The Morgan fingerprint density at radius 3 is 2.80 bits per heavy atom. The van der Waals surface area contributed by atoms with Crippen molar-refractivity contribution in [3.05, 3.63) is 11.9 Å². The lowest BCUT2D eigenvalue weighted by Gasteiger charge is -1.90. The molecule has 5 heteroatoms. The van der Waals surface area contributed by atoms with Gasteiger partial charge in [-0.3, -0.25) is 0 Å². The molecular formula is C5H8O4P+. The van der Waals surface area contributed by atoms with Crippen LogP contribution in [0.3, 0.4) is 0 Å². The molecule has 1 atom stereocenters. The van der Waals surface area contributed by atoms with E-state index < -0.39 is 14.0 Å². The molecule has 0 aliphatic carbocycles. The van der Waals surface area contributed by atoms with Crippen LogP contribution in [0.5, 0.6) is 0 Å². The first-order valence-corrected chi connectivity index (χ1v) is 3.95. The van der Waals surface area contributed by atoms with Crippen LogP contribution in [0, 0.1) is 0 Å². The summed E-state index contributed by atoms with van der Waals surface area (Å²) in [6.07, 6.45) is 0.933. The molecule has 0 aromatic heterocycles. The summed E-state index contributed by atoms with van der Waals surface area (Å²) in [7, 11) is -2.38. The maximum absolute atomic E-state index is 10.4. The number of rotatable bonds is 3. The first kappa shape index (κ1) is 9.27. The van der Waals surface area contributed by atoms with Crippen molar-refractivity contribution < 1.29 is 19.0 Å². The fourth-order valence-corrected chi connectivity index (χ4v) is 0.564. The van der Waals surface area contributed by atoms with Gasteiger partial charge in [0.2, 0.25) is 0 Å². The maximum atomic E-state index is 10.4. The molecule has 0 aromatic carbocycles. The molecule has 1 N–H and O–H groups in total. The van der Waals surface area contributed by atoms with E-state index in [-0.39, 0.29) is 6.61 Å². The van der Waals surface area contributed by atoms with Crippen LogP contribution in [-0.4, -0.2) is 17.5 Å². The van der Waals surface area contributed by atoms with Crippen LogP contribution in [-0.2, 0) is 14.1 Å². The smallest absolute Gasteiger partial charge is 0.463 e. The van der Waals surface area contributed by atoms with E-state index in [0.717, 1.165) is 11.9 Å². The van der Waals surface area contributed by atoms with Gasteiger partial charge >= 0.3 is 14.0 Å². The minimum absolute atomic E-state index is 0.269. The Hall–Kier alpha value is -0.730. The minimum atomic E-state index is -2.38. The van der Waals surface area contributed by atoms with Crippen molar-refractivity contribution in [2.24, 2.45) is 0 Å². The predicted molar refractivity (Wildman–Crippen MR) is 35.6 cm³/mol. The van der Waals surface area contributed by atoms with E-state index in [1.807, 2.05) is 0 Å². The highest BCUT2D eigenvalue weighted by Gasteiger charge is 2.04. The lowest BCUT2D eigenvalue weighted by atomic mass is 10.6. The van der Waals surface area contributed by atoms with Crippen molar-refractivity contribution in [3.63, 3.8) is 0 Å². The molecule has 0 aliphatic rings. The summed E-state index contributed by atoms with van der Waals surface area (Å²) in [5.41, 5.74) is 0. The van der Waals surface area contributed by atoms with Crippen LogP contribution in [0.1, 0.15) is 6.92 Å². The molecule has 0 saturated heterocycles. The van der Waals surface area contributed by atoms with Crippen molar-refractivity contribution in [2.45, 2.75) is 6.92 Å². The largest absolute Gasteiger partial charge is 0.538 e. The minimum Gasteiger partial charge on any atom is -0.463 e. The van der Waals surface area contributed by atoms with Gasteiger partial charge in [-0.25, -0.2) is 4.79 Å². The Bertz CT molecular complexity index is 163. The molecule has 1 unspecified atom stereocenters. The number of carbonyl (C=O) groups excluding carboxylic acids is 1. The normalized spacial score (nSPS) is 11.6. The van der Waals surface area contributed by atoms with Crippen LogP contribution in [0.25, 0.3) is 0 Å². The van der Waals surface area contributed by atoms with Crippen LogP contribution >= 0.6 is 8.03 Å². The fourth-order valence-electron chi connectivity index (χ4n) is 0.315. The molecule has 0 aromatic rings. The van der Waals surface area contributed by atoms with E-state index in [2.05, 4.69) is 4.74 Å². The molecule has 0 aliphatic heterocycles. The molecule has 0 amide bonds. The van der Waals surface area contributed by atoms with Crippen molar-refractivity contribution in [3.8, 4) is 0 Å². The summed E-state index contributed by atoms with van der Waals surface area (Å²) in [6.45, 7) is 1.93. The van der Waals surface area contributed by atoms with Gasteiger partial charge in [-0.1, -0.05) is 0 Å². The van der Waals surface area contributed by atoms with Crippen LogP contribution in [0.15, 0.2) is 11.9 Å². The second-order valence-electron chi connectivity index (χ2n) is 1.37. The molecule has 0 fully saturated rings. The fraction of sp³-hybridized carbons (Fsp3) is 0.400. The number of hydrogen-bond acceptors (Lipinski definition) is 3. The zero-order valence-electron chi connectivity index (χ0n) is 5.48. The third-order valence-corrected chi connectivity index (χ3v) is 1.03. The predicted octanol–water partition coefficient (Wildman–Crippen LogP) is 0.798. The lowest BCUT2D eigenvalue weighted by molar-refractivity contribution is -0.137. The second kappa shape index (κ2) is 5.09. The zero-order chi connectivity index (χ0) is 7.98. The van der Waals surface area contributed by atoms with E-state index >= 15 is 0 Å². The van der Waals surface area contributed by atoms with Gasteiger partial charge in [0.05, 0.1) is 12.7 Å². The molecule has 4 nitrogen and oxygen atoms in total. The maximum Gasteiger partial charge on any atom is 0.538 e. The average molecular weight is 163 g/mol. The zero-order valence-corrected chi connectivity index (χ0v) is 6.38. The molecule has 10 heavy (non-hydrogen) atoms. The van der Waals surface area contributed by atoms with Gasteiger partial charge in [0.1, 0.15) is 0 Å². The van der Waals surface area contributed by atoms with E-state index in [9.17, 15) is 9.36 Å². The van der Waals surface area contributed by atoms with Gasteiger partial charge in [0, 0.05) is 0 Å². The SMILES string of the molecule is CCOC(=O)C=C[P+](=O)O. The second-order valence-corrected chi connectivity index (χ2v) is 2.27. The van der Waals surface area contributed by atoms with E-state index in [4.69, 9.17) is 4.89 Å². The Morgan fingerprint density at radius 1 is 1.80 bits per heavy atom. The first-order valence-electron chi connectivity index (χ1n) is 2.67. The third kappa shape index (κ3) is 5.41. The van der Waals surface area contributed by atoms with Crippen LogP contribution in [0.2, 0.25) is 0 Å². The highest BCUT2D eigenvalue weighted by atomic mass is 31.1. The summed E-state index contributed by atoms with van der Waals surface area (Å²) < 4.78 is 14.4. The van der Waals surface area contributed by atoms with Crippen molar-refractivity contribution in [2.75, 3.05) is 6.61 Å². The topological polar surface area (TPSA) is 63.6 Å². The lowest BCUT2D eigenvalue weighted by Crippen LogP contribution is -1.98. The van der Waals surface area contributed by atoms with Crippen molar-refractivity contribution in [1.82, 2.24) is 0 Å². The molecule has 0 spiro atoms. The number of hydrogen-bond donors (Lipinski definition) is 1. The summed E-state index contributed by atoms with van der Waals surface area (Å²) in [5, 5.41) is 0.